The van der Waals surface area contributed by atoms with Crippen molar-refractivity contribution in [1.29, 1.82) is 0 Å². The first-order chi connectivity index (χ1) is 9.84. The van der Waals surface area contributed by atoms with E-state index in [9.17, 15) is 0 Å². The minimum atomic E-state index is -1.85. The highest BCUT2D eigenvalue weighted by molar-refractivity contribution is 6.77. The van der Waals surface area contributed by atoms with Crippen LogP contribution in [0.3, 0.4) is 0 Å². The summed E-state index contributed by atoms with van der Waals surface area (Å²) >= 11 is 0. The second-order valence-electron chi connectivity index (χ2n) is 6.40. The first-order valence-corrected chi connectivity index (χ1v) is 9.89. The van der Waals surface area contributed by atoms with Gasteiger partial charge in [-0.1, -0.05) is 41.5 Å². The Bertz CT molecular complexity index is 391. The molecule has 0 saturated heterocycles. The van der Waals surface area contributed by atoms with E-state index in [1.807, 2.05) is 24.3 Å². The molecule has 0 heterocycles. The summed E-state index contributed by atoms with van der Waals surface area (Å²) in [6, 6.07) is 7.61. The van der Waals surface area contributed by atoms with E-state index in [2.05, 4.69) is 41.5 Å². The maximum Gasteiger partial charge on any atom is 0.204 e. The summed E-state index contributed by atoms with van der Waals surface area (Å²) < 4.78 is 17.3. The molecule has 3 nitrogen and oxygen atoms in total. The Hall–Kier alpha value is -1.00. The highest BCUT2D eigenvalue weighted by atomic mass is 28.4. The molecular weight excluding hydrogens is 280 g/mol. The third-order valence-corrected chi connectivity index (χ3v) is 10.3. The number of ether oxygens (including phenoxy) is 2. The van der Waals surface area contributed by atoms with Crippen LogP contribution < -0.4 is 9.47 Å². The molecule has 0 radical (unpaired) electrons. The van der Waals surface area contributed by atoms with E-state index in [4.69, 9.17) is 13.9 Å². The van der Waals surface area contributed by atoms with Crippen LogP contribution in [0.15, 0.2) is 24.3 Å². The molecule has 1 aromatic carbocycles. The smallest absolute Gasteiger partial charge is 0.204 e. The van der Waals surface area contributed by atoms with Crippen LogP contribution in [0.4, 0.5) is 0 Å². The predicted octanol–water partition coefficient (Wildman–Crippen LogP) is 5.22. The van der Waals surface area contributed by atoms with E-state index >= 15 is 0 Å². The second-order valence-corrected chi connectivity index (χ2v) is 11.9. The van der Waals surface area contributed by atoms with Gasteiger partial charge in [-0.15, -0.1) is 0 Å². The van der Waals surface area contributed by atoms with Crippen LogP contribution in [0.25, 0.3) is 0 Å². The minimum Gasteiger partial charge on any atom is -0.497 e. The third kappa shape index (κ3) is 4.24. The molecule has 0 bridgehead atoms. The van der Waals surface area contributed by atoms with Crippen molar-refractivity contribution in [1.82, 2.24) is 0 Å². The number of hydrogen-bond acceptors (Lipinski definition) is 3. The van der Waals surface area contributed by atoms with Gasteiger partial charge in [-0.05, 0) is 40.9 Å². The Labute approximate surface area is 130 Å². The Morgan fingerprint density at radius 1 is 0.810 bits per heavy atom. The van der Waals surface area contributed by atoms with Gasteiger partial charge < -0.3 is 13.9 Å². The van der Waals surface area contributed by atoms with Crippen molar-refractivity contribution in [3.05, 3.63) is 24.3 Å². The Morgan fingerprint density at radius 3 is 1.62 bits per heavy atom. The monoisotopic (exact) mass is 310 g/mol. The van der Waals surface area contributed by atoms with Crippen LogP contribution in [0, 0.1) is 0 Å². The standard InChI is InChI=1S/C17H30O3Si/c1-13(2)21(14(3)4,15(5)6)20-12-19-17-10-8-16(18-7)9-11-17/h8-11,13-15H,12H2,1-7H3. The molecule has 0 aromatic heterocycles. The van der Waals surface area contributed by atoms with Gasteiger partial charge in [-0.2, -0.15) is 0 Å². The zero-order valence-electron chi connectivity index (χ0n) is 14.5. The quantitative estimate of drug-likeness (QED) is 0.486. The van der Waals surface area contributed by atoms with Crippen molar-refractivity contribution in [2.75, 3.05) is 13.9 Å². The average molecular weight is 311 g/mol. The first-order valence-electron chi connectivity index (χ1n) is 7.75. The SMILES string of the molecule is COc1ccc(OCO[Si](C(C)C)(C(C)C)C(C)C)cc1. The lowest BCUT2D eigenvalue weighted by Gasteiger charge is -2.41. The normalized spacial score (nSPS) is 12.3. The summed E-state index contributed by atoms with van der Waals surface area (Å²) in [6.45, 7) is 14.0. The second kappa shape index (κ2) is 7.85. The van der Waals surface area contributed by atoms with Gasteiger partial charge in [0, 0.05) is 0 Å². The molecular formula is C17H30O3Si. The van der Waals surface area contributed by atoms with Gasteiger partial charge in [-0.25, -0.2) is 0 Å². The number of methoxy groups -OCH3 is 1. The lowest BCUT2D eigenvalue weighted by molar-refractivity contribution is 0.102. The van der Waals surface area contributed by atoms with Crippen molar-refractivity contribution in [2.45, 2.75) is 58.2 Å². The largest absolute Gasteiger partial charge is 0.497 e. The van der Waals surface area contributed by atoms with Crippen LogP contribution in [-0.2, 0) is 4.43 Å². The molecule has 0 saturated carbocycles. The van der Waals surface area contributed by atoms with Gasteiger partial charge in [-0.3, -0.25) is 0 Å². The van der Waals surface area contributed by atoms with E-state index in [0.29, 0.717) is 23.4 Å². The van der Waals surface area contributed by atoms with Gasteiger partial charge in [0.2, 0.25) is 8.32 Å². The summed E-state index contributed by atoms with van der Waals surface area (Å²) in [7, 11) is -0.189. The lowest BCUT2D eigenvalue weighted by atomic mass is 10.3. The predicted molar refractivity (Wildman–Crippen MR) is 90.6 cm³/mol. The van der Waals surface area contributed by atoms with Crippen molar-refractivity contribution >= 4 is 8.32 Å². The van der Waals surface area contributed by atoms with E-state index in [1.54, 1.807) is 7.11 Å². The first kappa shape index (κ1) is 18.0. The zero-order chi connectivity index (χ0) is 16.0. The van der Waals surface area contributed by atoms with E-state index < -0.39 is 8.32 Å². The third-order valence-electron chi connectivity index (χ3n) is 4.30. The minimum absolute atomic E-state index is 0.326. The fraction of sp³-hybridized carbons (Fsp3) is 0.647. The van der Waals surface area contributed by atoms with Crippen molar-refractivity contribution < 1.29 is 13.9 Å². The van der Waals surface area contributed by atoms with E-state index in [1.165, 1.54) is 0 Å². The van der Waals surface area contributed by atoms with Crippen LogP contribution in [-0.4, -0.2) is 22.2 Å². The van der Waals surface area contributed by atoms with Crippen molar-refractivity contribution in [3.63, 3.8) is 0 Å². The molecule has 120 valence electrons. The van der Waals surface area contributed by atoms with Gasteiger partial charge >= 0.3 is 0 Å². The maximum absolute atomic E-state index is 6.36. The molecule has 1 rings (SSSR count). The summed E-state index contributed by atoms with van der Waals surface area (Å²) in [6.07, 6.45) is 0. The number of benzene rings is 1. The Morgan fingerprint density at radius 2 is 1.24 bits per heavy atom. The summed E-state index contributed by atoms with van der Waals surface area (Å²) in [4.78, 5) is 0. The molecule has 0 spiro atoms. The molecule has 4 heteroatoms. The van der Waals surface area contributed by atoms with E-state index in [-0.39, 0.29) is 0 Å². The van der Waals surface area contributed by atoms with Crippen LogP contribution in [0.2, 0.25) is 16.6 Å². The molecule has 0 amide bonds. The number of hydrogen-bond donors (Lipinski definition) is 0. The average Bonchev–Trinajstić information content (AvgIpc) is 2.43. The van der Waals surface area contributed by atoms with Crippen LogP contribution in [0.1, 0.15) is 41.5 Å². The summed E-state index contributed by atoms with van der Waals surface area (Å²) in [5, 5.41) is 0. The molecule has 0 unspecified atom stereocenters. The highest BCUT2D eigenvalue weighted by Crippen LogP contribution is 2.42. The van der Waals surface area contributed by atoms with Crippen molar-refractivity contribution in [3.8, 4) is 11.5 Å². The Balaban J connectivity index is 2.69. The van der Waals surface area contributed by atoms with E-state index in [0.717, 1.165) is 11.5 Å². The fourth-order valence-corrected chi connectivity index (χ4v) is 8.63. The molecule has 0 fully saturated rings. The van der Waals surface area contributed by atoms with Gasteiger partial charge in [0.05, 0.1) is 7.11 Å². The number of rotatable bonds is 8. The molecule has 1 aromatic rings. The molecule has 0 N–H and O–H groups in total. The molecule has 0 atom stereocenters. The Kier molecular flexibility index (Phi) is 6.75. The van der Waals surface area contributed by atoms with Crippen molar-refractivity contribution in [2.24, 2.45) is 0 Å². The molecule has 0 aliphatic carbocycles. The fourth-order valence-electron chi connectivity index (χ4n) is 3.37. The summed E-state index contributed by atoms with van der Waals surface area (Å²) in [5.41, 5.74) is 1.70. The topological polar surface area (TPSA) is 27.7 Å². The molecule has 21 heavy (non-hydrogen) atoms. The van der Waals surface area contributed by atoms with Gasteiger partial charge in [0.15, 0.2) is 6.79 Å². The van der Waals surface area contributed by atoms with Crippen LogP contribution >= 0.6 is 0 Å². The lowest BCUT2D eigenvalue weighted by Crippen LogP contribution is -2.48. The molecule has 0 aliphatic rings. The summed E-state index contributed by atoms with van der Waals surface area (Å²) in [5.74, 6) is 1.65. The highest BCUT2D eigenvalue weighted by Gasteiger charge is 2.45. The van der Waals surface area contributed by atoms with Crippen LogP contribution in [0.5, 0.6) is 11.5 Å². The molecule has 0 aliphatic heterocycles. The van der Waals surface area contributed by atoms with Gasteiger partial charge in [0.1, 0.15) is 11.5 Å². The van der Waals surface area contributed by atoms with Gasteiger partial charge in [0.25, 0.3) is 0 Å². The zero-order valence-corrected chi connectivity index (χ0v) is 15.5. The maximum atomic E-state index is 6.36.